The van der Waals surface area contributed by atoms with Crippen LogP contribution in [-0.4, -0.2) is 68.9 Å². The number of fused-ring (bicyclic) bond motifs is 1. The van der Waals surface area contributed by atoms with Crippen LogP contribution in [0.15, 0.2) is 48.5 Å². The summed E-state index contributed by atoms with van der Waals surface area (Å²) >= 11 is 1.54. The molecule has 11 nitrogen and oxygen atoms in total. The number of rotatable bonds is 7. The molecule has 1 atom stereocenters. The molecule has 43 heavy (non-hydrogen) atoms. The first-order valence-corrected chi connectivity index (χ1v) is 15.1. The van der Waals surface area contributed by atoms with Crippen LogP contribution in [0.3, 0.4) is 0 Å². The third kappa shape index (κ3) is 5.94. The Morgan fingerprint density at radius 2 is 1.86 bits per heavy atom. The van der Waals surface area contributed by atoms with Gasteiger partial charge in [-0.3, -0.25) is 14.5 Å². The summed E-state index contributed by atoms with van der Waals surface area (Å²) in [6.07, 6.45) is 4.32. The fourth-order valence-corrected chi connectivity index (χ4v) is 6.81. The van der Waals surface area contributed by atoms with Gasteiger partial charge in [0.2, 0.25) is 17.8 Å². The Bertz CT molecular complexity index is 1650. The molecule has 12 heteroatoms. The molecule has 2 amide bonds. The molecule has 2 aromatic heterocycles. The van der Waals surface area contributed by atoms with Gasteiger partial charge in [-0.25, -0.2) is 0 Å². The van der Waals surface area contributed by atoms with Crippen molar-refractivity contribution in [2.75, 3.05) is 43.6 Å². The molecule has 0 bridgehead atoms. The van der Waals surface area contributed by atoms with Gasteiger partial charge in [-0.1, -0.05) is 24.3 Å². The summed E-state index contributed by atoms with van der Waals surface area (Å²) in [5, 5.41) is 16.5. The zero-order valence-corrected chi connectivity index (χ0v) is 24.9. The van der Waals surface area contributed by atoms with Crippen LogP contribution in [0, 0.1) is 0 Å². The third-order valence-corrected chi connectivity index (χ3v) is 9.25. The highest BCUT2D eigenvalue weighted by molar-refractivity contribution is 7.14. The van der Waals surface area contributed by atoms with Gasteiger partial charge in [0.1, 0.15) is 6.04 Å². The number of anilines is 4. The number of piperazine rings is 1. The number of nitrogens with one attached hydrogen (secondary N) is 2. The normalized spacial score (nSPS) is 17.0. The number of thiophene rings is 1. The number of aliphatic hydroxyl groups is 1. The van der Waals surface area contributed by atoms with Crippen LogP contribution in [0.25, 0.3) is 11.4 Å². The van der Waals surface area contributed by atoms with Gasteiger partial charge in [0.25, 0.3) is 5.91 Å². The van der Waals surface area contributed by atoms with Crippen molar-refractivity contribution in [2.24, 2.45) is 0 Å². The van der Waals surface area contributed by atoms with Crippen molar-refractivity contribution >= 4 is 46.4 Å². The molecule has 222 valence electrons. The van der Waals surface area contributed by atoms with Crippen molar-refractivity contribution in [3.05, 3.63) is 75.0 Å². The molecule has 5 N–H and O–H groups in total. The summed E-state index contributed by atoms with van der Waals surface area (Å²) in [7, 11) is 3.77. The van der Waals surface area contributed by atoms with E-state index in [1.54, 1.807) is 23.1 Å². The largest absolute Gasteiger partial charge is 0.392 e. The van der Waals surface area contributed by atoms with Crippen molar-refractivity contribution in [1.82, 2.24) is 24.8 Å². The molecule has 1 aliphatic heterocycles. The SMILES string of the molecule is CN1CCN(C)C(c2ccc(Nc3nc(N)nc(-c4cccc(NC(=O)c5cc6c(s5)CCCC6)c4CO)n3)cc2)C1=O. The van der Waals surface area contributed by atoms with E-state index in [1.165, 1.54) is 21.8 Å². The first-order chi connectivity index (χ1) is 20.8. The van der Waals surface area contributed by atoms with E-state index < -0.39 is 0 Å². The molecule has 1 fully saturated rings. The molecular formula is C31H34N8O3S. The van der Waals surface area contributed by atoms with Crippen molar-refractivity contribution in [2.45, 2.75) is 38.3 Å². The van der Waals surface area contributed by atoms with E-state index in [0.29, 0.717) is 33.9 Å². The van der Waals surface area contributed by atoms with E-state index in [-0.39, 0.29) is 42.2 Å². The minimum atomic E-state index is -0.341. The number of carbonyl (C=O) groups is 2. The summed E-state index contributed by atoms with van der Waals surface area (Å²) < 4.78 is 0. The number of likely N-dealkylation sites (N-methyl/N-ethyl adjacent to an activating group) is 2. The van der Waals surface area contributed by atoms with Gasteiger partial charge >= 0.3 is 0 Å². The third-order valence-electron chi connectivity index (χ3n) is 8.02. The zero-order valence-electron chi connectivity index (χ0n) is 24.1. The zero-order chi connectivity index (χ0) is 30.1. The van der Waals surface area contributed by atoms with Gasteiger partial charge in [-0.15, -0.1) is 11.3 Å². The fourth-order valence-electron chi connectivity index (χ4n) is 5.66. The Kier molecular flexibility index (Phi) is 8.06. The number of nitrogens with two attached hydrogens (primary N) is 1. The predicted molar refractivity (Wildman–Crippen MR) is 167 cm³/mol. The molecule has 1 unspecified atom stereocenters. The maximum absolute atomic E-state index is 13.2. The molecule has 3 heterocycles. The molecule has 0 spiro atoms. The summed E-state index contributed by atoms with van der Waals surface area (Å²) in [5.41, 5.74) is 10.4. The standard InChI is InChI=1S/C31H34N8O3S/c1-38-14-15-39(2)29(42)26(38)18-10-12-20(13-11-18)33-31-36-27(35-30(32)37-31)21-7-5-8-23(22(21)17-40)34-28(41)25-16-19-6-3-4-9-24(19)43-25/h5,7-8,10-13,16,26,40H,3-4,6,9,14-15,17H2,1-2H3,(H,34,41)(H3,32,33,35,36,37). The number of hydrogen-bond acceptors (Lipinski definition) is 10. The van der Waals surface area contributed by atoms with E-state index in [9.17, 15) is 14.7 Å². The van der Waals surface area contributed by atoms with Gasteiger partial charge in [0.05, 0.1) is 11.5 Å². The highest BCUT2D eigenvalue weighted by atomic mass is 32.1. The highest BCUT2D eigenvalue weighted by Gasteiger charge is 2.32. The summed E-state index contributed by atoms with van der Waals surface area (Å²) in [6, 6.07) is 14.5. The lowest BCUT2D eigenvalue weighted by Gasteiger charge is -2.37. The van der Waals surface area contributed by atoms with Gasteiger partial charge in [0.15, 0.2) is 5.82 Å². The molecular weight excluding hydrogens is 564 g/mol. The van der Waals surface area contributed by atoms with Crippen LogP contribution in [-0.2, 0) is 24.2 Å². The quantitative estimate of drug-likeness (QED) is 0.248. The Balaban J connectivity index is 1.23. The van der Waals surface area contributed by atoms with E-state index >= 15 is 0 Å². The lowest BCUT2D eigenvalue weighted by atomic mass is 9.99. The van der Waals surface area contributed by atoms with Crippen molar-refractivity contribution in [3.63, 3.8) is 0 Å². The summed E-state index contributed by atoms with van der Waals surface area (Å²) in [6.45, 7) is 1.17. The van der Waals surface area contributed by atoms with Crippen LogP contribution >= 0.6 is 11.3 Å². The Morgan fingerprint density at radius 1 is 1.07 bits per heavy atom. The van der Waals surface area contributed by atoms with Gasteiger partial charge < -0.3 is 26.4 Å². The minimum absolute atomic E-state index is 0.00378. The monoisotopic (exact) mass is 598 g/mol. The smallest absolute Gasteiger partial charge is 0.265 e. The van der Waals surface area contributed by atoms with Gasteiger partial charge in [-0.05, 0) is 68.1 Å². The number of aromatic nitrogens is 3. The minimum Gasteiger partial charge on any atom is -0.392 e. The van der Waals surface area contributed by atoms with Crippen molar-refractivity contribution < 1.29 is 14.7 Å². The van der Waals surface area contributed by atoms with Gasteiger partial charge in [0, 0.05) is 47.5 Å². The maximum Gasteiger partial charge on any atom is 0.265 e. The van der Waals surface area contributed by atoms with Crippen LogP contribution in [0.4, 0.5) is 23.3 Å². The average molecular weight is 599 g/mol. The van der Waals surface area contributed by atoms with Crippen LogP contribution < -0.4 is 16.4 Å². The predicted octanol–water partition coefficient (Wildman–Crippen LogP) is 3.99. The van der Waals surface area contributed by atoms with Crippen molar-refractivity contribution in [3.8, 4) is 11.4 Å². The lowest BCUT2D eigenvalue weighted by molar-refractivity contribution is -0.139. The second-order valence-electron chi connectivity index (χ2n) is 10.9. The molecule has 1 aliphatic carbocycles. The first-order valence-electron chi connectivity index (χ1n) is 14.3. The van der Waals surface area contributed by atoms with Crippen LogP contribution in [0.2, 0.25) is 0 Å². The number of carbonyl (C=O) groups excluding carboxylic acids is 2. The van der Waals surface area contributed by atoms with E-state index in [0.717, 1.165) is 37.8 Å². The van der Waals surface area contributed by atoms with E-state index in [1.807, 2.05) is 49.3 Å². The number of aryl methyl sites for hydroxylation is 2. The second kappa shape index (κ2) is 12.1. The highest BCUT2D eigenvalue weighted by Crippen LogP contribution is 2.33. The summed E-state index contributed by atoms with van der Waals surface area (Å²) in [4.78, 5) is 44.8. The molecule has 2 aromatic carbocycles. The second-order valence-corrected chi connectivity index (χ2v) is 12.1. The molecule has 6 rings (SSSR count). The number of hydrogen-bond donors (Lipinski definition) is 4. The van der Waals surface area contributed by atoms with Crippen LogP contribution in [0.1, 0.15) is 50.1 Å². The number of nitrogens with zero attached hydrogens (tertiary/aromatic N) is 5. The molecule has 0 saturated carbocycles. The molecule has 2 aliphatic rings. The van der Waals surface area contributed by atoms with E-state index in [2.05, 4.69) is 25.6 Å². The number of benzene rings is 2. The number of aliphatic hydroxyl groups excluding tert-OH is 1. The number of amides is 2. The van der Waals surface area contributed by atoms with E-state index in [4.69, 9.17) is 5.73 Å². The first kappa shape index (κ1) is 28.7. The Morgan fingerprint density at radius 3 is 2.63 bits per heavy atom. The van der Waals surface area contributed by atoms with Crippen molar-refractivity contribution in [1.29, 1.82) is 0 Å². The Hall–Kier alpha value is -4.39. The van der Waals surface area contributed by atoms with Gasteiger partial charge in [-0.2, -0.15) is 15.0 Å². The maximum atomic E-state index is 13.2. The Labute approximate surface area is 253 Å². The summed E-state index contributed by atoms with van der Waals surface area (Å²) in [5.74, 6) is 0.347. The fraction of sp³-hybridized carbons (Fsp3) is 0.323. The average Bonchev–Trinajstić information content (AvgIpc) is 3.44. The molecule has 0 radical (unpaired) electrons. The molecule has 4 aromatic rings. The topological polar surface area (TPSA) is 150 Å². The van der Waals surface area contributed by atoms with Crippen LogP contribution in [0.5, 0.6) is 0 Å². The number of nitrogen functional groups attached to an aromatic ring is 1. The lowest BCUT2D eigenvalue weighted by Crippen LogP contribution is -2.48. The molecule has 1 saturated heterocycles.